The summed E-state index contributed by atoms with van der Waals surface area (Å²) in [5.41, 5.74) is 2.13. The van der Waals surface area contributed by atoms with Gasteiger partial charge in [-0.2, -0.15) is 5.10 Å². The molecule has 33 heavy (non-hydrogen) atoms. The maximum absolute atomic E-state index is 15.2. The fourth-order valence-corrected chi connectivity index (χ4v) is 5.20. The number of phenols is 1. The number of alkyl halides is 2. The minimum atomic E-state index is -2.84. The van der Waals surface area contributed by atoms with Crippen LogP contribution in [0.5, 0.6) is 5.75 Å². The molecule has 3 aromatic rings. The van der Waals surface area contributed by atoms with Crippen LogP contribution < -0.4 is 10.2 Å². The van der Waals surface area contributed by atoms with Crippen LogP contribution in [-0.2, 0) is 7.05 Å². The van der Waals surface area contributed by atoms with E-state index in [1.54, 1.807) is 27.9 Å². The smallest absolute Gasteiger partial charge is 0.283 e. The van der Waals surface area contributed by atoms with Gasteiger partial charge < -0.3 is 15.3 Å². The van der Waals surface area contributed by atoms with E-state index in [0.717, 1.165) is 30.4 Å². The van der Waals surface area contributed by atoms with Crippen molar-refractivity contribution in [3.63, 3.8) is 0 Å². The van der Waals surface area contributed by atoms with E-state index >= 15 is 8.78 Å². The maximum atomic E-state index is 15.2. The lowest BCUT2D eigenvalue weighted by Crippen LogP contribution is -2.63. The summed E-state index contributed by atoms with van der Waals surface area (Å²) in [4.78, 5) is 6.14. The van der Waals surface area contributed by atoms with Gasteiger partial charge in [-0.05, 0) is 49.8 Å². The quantitative estimate of drug-likeness (QED) is 0.613. The Hall–Kier alpha value is -3.14. The first-order valence-corrected chi connectivity index (χ1v) is 11.3. The Morgan fingerprint density at radius 1 is 1.12 bits per heavy atom. The van der Waals surface area contributed by atoms with Crippen LogP contribution >= 0.6 is 0 Å². The van der Waals surface area contributed by atoms with Gasteiger partial charge in [-0.15, -0.1) is 10.2 Å². The van der Waals surface area contributed by atoms with Gasteiger partial charge in [0.2, 0.25) is 0 Å². The second kappa shape index (κ2) is 7.44. The molecule has 10 heteroatoms. The first kappa shape index (κ1) is 20.5. The highest BCUT2D eigenvalue weighted by Crippen LogP contribution is 2.45. The molecule has 2 aliphatic heterocycles. The highest BCUT2D eigenvalue weighted by atomic mass is 19.3. The second-order valence-electron chi connectivity index (χ2n) is 9.33. The fraction of sp³-hybridized carbons (Fsp3) is 0.478. The van der Waals surface area contributed by atoms with Gasteiger partial charge in [0.15, 0.2) is 11.6 Å². The fourth-order valence-electron chi connectivity index (χ4n) is 5.20. The van der Waals surface area contributed by atoms with Crippen LogP contribution in [0.2, 0.25) is 0 Å². The summed E-state index contributed by atoms with van der Waals surface area (Å²) >= 11 is 0. The SMILES string of the molecule is Cn1cc(-c2ccc(-c3ncc(N(C4CC4)[C@H]4C[C@H]5CC[C@H](N5)C4(F)F)nn3)c(O)c2)cn1. The van der Waals surface area contributed by atoms with E-state index < -0.39 is 18.0 Å². The van der Waals surface area contributed by atoms with E-state index in [1.165, 1.54) is 6.20 Å². The van der Waals surface area contributed by atoms with Crippen molar-refractivity contribution >= 4 is 5.82 Å². The number of hydrogen-bond donors (Lipinski definition) is 2. The molecule has 0 amide bonds. The molecule has 2 aromatic heterocycles. The number of phenolic OH excluding ortho intramolecular Hbond substituents is 1. The zero-order valence-electron chi connectivity index (χ0n) is 18.2. The van der Waals surface area contributed by atoms with E-state index in [4.69, 9.17) is 0 Å². The number of aromatic nitrogens is 5. The predicted octanol–water partition coefficient (Wildman–Crippen LogP) is 3.14. The molecular weight excluding hydrogens is 428 g/mol. The number of hydrogen-bond acceptors (Lipinski definition) is 7. The molecule has 3 fully saturated rings. The van der Waals surface area contributed by atoms with Crippen molar-refractivity contribution in [2.75, 3.05) is 4.90 Å². The molecule has 3 atom stereocenters. The van der Waals surface area contributed by atoms with Gasteiger partial charge in [-0.3, -0.25) is 4.68 Å². The summed E-state index contributed by atoms with van der Waals surface area (Å²) < 4.78 is 32.2. The van der Waals surface area contributed by atoms with Crippen LogP contribution in [0, 0.1) is 0 Å². The first-order chi connectivity index (χ1) is 15.9. The summed E-state index contributed by atoms with van der Waals surface area (Å²) in [6.45, 7) is 0. The highest BCUT2D eigenvalue weighted by molar-refractivity contribution is 5.72. The lowest BCUT2D eigenvalue weighted by atomic mass is 9.93. The number of rotatable bonds is 5. The molecule has 2 saturated heterocycles. The average Bonchev–Trinajstić information content (AvgIpc) is 3.37. The Morgan fingerprint density at radius 2 is 1.97 bits per heavy atom. The van der Waals surface area contributed by atoms with Crippen molar-refractivity contribution in [3.8, 4) is 28.3 Å². The van der Waals surface area contributed by atoms with Gasteiger partial charge in [0.05, 0.1) is 30.0 Å². The minimum Gasteiger partial charge on any atom is -0.507 e. The number of nitrogens with zero attached hydrogens (tertiary/aromatic N) is 6. The van der Waals surface area contributed by atoms with Gasteiger partial charge >= 0.3 is 0 Å². The number of aromatic hydroxyl groups is 1. The van der Waals surface area contributed by atoms with Gasteiger partial charge in [0.1, 0.15) is 5.75 Å². The van der Waals surface area contributed by atoms with E-state index in [-0.39, 0.29) is 23.7 Å². The van der Waals surface area contributed by atoms with Gasteiger partial charge in [-0.25, -0.2) is 13.8 Å². The van der Waals surface area contributed by atoms with Crippen molar-refractivity contribution in [3.05, 3.63) is 36.8 Å². The Balaban J connectivity index is 1.28. The van der Waals surface area contributed by atoms with E-state index in [2.05, 4.69) is 25.6 Å². The zero-order valence-corrected chi connectivity index (χ0v) is 18.2. The number of anilines is 1. The van der Waals surface area contributed by atoms with Crippen LogP contribution in [0.4, 0.5) is 14.6 Å². The standard InChI is InChI=1S/C23H25F2N7O/c1-31-12-14(10-27-31)13-2-6-17(18(33)8-13)22-26-11-21(29-30-22)32(16-4-5-16)20-9-15-3-7-19(28-15)23(20,24)25/h2,6,8,10-12,15-16,19-20,28,33H,3-5,7,9H2,1H3/t15-,19+,20+/m1/s1. The highest BCUT2D eigenvalue weighted by Gasteiger charge is 2.58. The number of nitrogens with one attached hydrogen (secondary N) is 1. The van der Waals surface area contributed by atoms with Gasteiger partial charge in [0.25, 0.3) is 5.92 Å². The van der Waals surface area contributed by atoms with Crippen molar-refractivity contribution in [2.45, 2.75) is 62.2 Å². The van der Waals surface area contributed by atoms with E-state index in [9.17, 15) is 5.11 Å². The second-order valence-corrected chi connectivity index (χ2v) is 9.33. The Kier molecular flexibility index (Phi) is 4.62. The number of benzene rings is 1. The number of halogens is 2. The molecule has 1 aromatic carbocycles. The largest absolute Gasteiger partial charge is 0.507 e. The third kappa shape index (κ3) is 3.52. The first-order valence-electron chi connectivity index (χ1n) is 11.3. The summed E-state index contributed by atoms with van der Waals surface area (Å²) in [6, 6.07) is 3.70. The maximum Gasteiger partial charge on any atom is 0.283 e. The third-order valence-electron chi connectivity index (χ3n) is 7.02. The third-order valence-corrected chi connectivity index (χ3v) is 7.02. The molecule has 8 nitrogen and oxygen atoms in total. The lowest BCUT2D eigenvalue weighted by molar-refractivity contribution is -0.0743. The normalized spacial score (nSPS) is 25.8. The molecule has 2 N–H and O–H groups in total. The topological polar surface area (TPSA) is 92.0 Å². The van der Waals surface area contributed by atoms with Crippen molar-refractivity contribution in [1.29, 1.82) is 0 Å². The monoisotopic (exact) mass is 453 g/mol. The Labute approximate surface area is 189 Å². The zero-order chi connectivity index (χ0) is 22.7. The molecule has 4 heterocycles. The predicted molar refractivity (Wildman–Crippen MR) is 118 cm³/mol. The molecule has 0 unspecified atom stereocenters. The molecule has 3 aliphatic rings. The van der Waals surface area contributed by atoms with Crippen molar-refractivity contribution < 1.29 is 13.9 Å². The van der Waals surface area contributed by atoms with Gasteiger partial charge in [0, 0.05) is 30.9 Å². The number of fused-ring (bicyclic) bond motifs is 2. The molecule has 1 aliphatic carbocycles. The van der Waals surface area contributed by atoms with Crippen LogP contribution in [0.25, 0.3) is 22.5 Å². The molecule has 172 valence electrons. The summed E-state index contributed by atoms with van der Waals surface area (Å²) in [5, 5.41) is 26.3. The number of piperidine rings is 1. The van der Waals surface area contributed by atoms with Gasteiger partial charge in [-0.1, -0.05) is 6.07 Å². The summed E-state index contributed by atoms with van der Waals surface area (Å²) in [6.07, 6.45) is 8.50. The Bertz CT molecular complexity index is 1180. The van der Waals surface area contributed by atoms with E-state index in [0.29, 0.717) is 24.2 Å². The summed E-state index contributed by atoms with van der Waals surface area (Å²) in [5.74, 6) is -2.19. The number of aryl methyl sites for hydroxylation is 1. The Morgan fingerprint density at radius 3 is 2.64 bits per heavy atom. The van der Waals surface area contributed by atoms with Crippen LogP contribution in [-0.4, -0.2) is 60.2 Å². The molecule has 6 rings (SSSR count). The average molecular weight is 453 g/mol. The molecule has 0 spiro atoms. The molecule has 0 radical (unpaired) electrons. The lowest BCUT2D eigenvalue weighted by Gasteiger charge is -2.43. The van der Waals surface area contributed by atoms with Crippen molar-refractivity contribution in [1.82, 2.24) is 30.3 Å². The molecule has 2 bridgehead atoms. The molecule has 1 saturated carbocycles. The van der Waals surface area contributed by atoms with E-state index in [1.807, 2.05) is 19.3 Å². The van der Waals surface area contributed by atoms with Crippen LogP contribution in [0.3, 0.4) is 0 Å². The minimum absolute atomic E-state index is 0.0198. The van der Waals surface area contributed by atoms with Crippen LogP contribution in [0.15, 0.2) is 36.8 Å². The molecular formula is C23H25F2N7O. The van der Waals surface area contributed by atoms with Crippen LogP contribution in [0.1, 0.15) is 32.1 Å². The van der Waals surface area contributed by atoms with Crippen molar-refractivity contribution in [2.24, 2.45) is 7.05 Å². The summed E-state index contributed by atoms with van der Waals surface area (Å²) in [7, 11) is 1.83.